The quantitative estimate of drug-likeness (QED) is 0.480. The number of benzene rings is 1. The van der Waals surface area contributed by atoms with Crippen LogP contribution < -0.4 is 11.3 Å². The minimum Gasteiger partial charge on any atom is -0.271 e. The molecule has 0 fully saturated rings. The second-order valence-electron chi connectivity index (χ2n) is 3.80. The number of thiazole rings is 1. The molecule has 6 heteroatoms. The minimum absolute atomic E-state index is 0.263. The maximum Gasteiger partial charge on any atom is 0.0794 e. The second-order valence-corrected chi connectivity index (χ2v) is 6.78. The molecule has 1 aromatic carbocycles. The van der Waals surface area contributed by atoms with E-state index in [2.05, 4.69) is 50.6 Å². The summed E-state index contributed by atoms with van der Waals surface area (Å²) in [5.41, 5.74) is 4.72. The molecule has 1 aromatic heterocycles. The van der Waals surface area contributed by atoms with E-state index < -0.39 is 0 Å². The fraction of sp³-hybridized carbons (Fsp3) is 0.250. The van der Waals surface area contributed by atoms with Gasteiger partial charge in [0.2, 0.25) is 0 Å². The lowest BCUT2D eigenvalue weighted by molar-refractivity contribution is 0.579. The number of nitrogens with zero attached hydrogens (tertiary/aromatic N) is 1. The molecule has 0 aliphatic heterocycles. The van der Waals surface area contributed by atoms with E-state index in [1.54, 1.807) is 23.1 Å². The molecule has 3 N–H and O–H groups in total. The molecule has 1 unspecified atom stereocenters. The van der Waals surface area contributed by atoms with E-state index >= 15 is 0 Å². The zero-order valence-electron chi connectivity index (χ0n) is 9.67. The third kappa shape index (κ3) is 4.37. The van der Waals surface area contributed by atoms with Crippen LogP contribution in [-0.2, 0) is 6.42 Å². The van der Waals surface area contributed by atoms with Gasteiger partial charge in [0.05, 0.1) is 5.51 Å². The fourth-order valence-electron chi connectivity index (χ4n) is 1.48. The van der Waals surface area contributed by atoms with Crippen LogP contribution in [0.5, 0.6) is 0 Å². The van der Waals surface area contributed by atoms with Crippen LogP contribution in [0.3, 0.4) is 0 Å². The van der Waals surface area contributed by atoms with Crippen molar-refractivity contribution in [2.45, 2.75) is 17.4 Å². The highest BCUT2D eigenvalue weighted by molar-refractivity contribution is 9.10. The number of nitrogens with one attached hydrogen (secondary N) is 1. The molecule has 3 nitrogen and oxygen atoms in total. The number of hydrogen-bond donors (Lipinski definition) is 2. The van der Waals surface area contributed by atoms with Gasteiger partial charge in [-0.05, 0) is 24.3 Å². The molecule has 2 rings (SSSR count). The van der Waals surface area contributed by atoms with Crippen molar-refractivity contribution in [3.63, 3.8) is 0 Å². The van der Waals surface area contributed by atoms with Gasteiger partial charge < -0.3 is 0 Å². The van der Waals surface area contributed by atoms with Crippen molar-refractivity contribution < 1.29 is 0 Å². The third-order valence-corrected chi connectivity index (χ3v) is 4.94. The minimum atomic E-state index is 0.263. The number of halogens is 1. The van der Waals surface area contributed by atoms with Crippen LogP contribution in [0.2, 0.25) is 0 Å². The maximum atomic E-state index is 5.59. The molecule has 18 heavy (non-hydrogen) atoms. The molecule has 0 aliphatic carbocycles. The highest BCUT2D eigenvalue weighted by Crippen LogP contribution is 2.22. The molecule has 1 heterocycles. The molecule has 0 aliphatic rings. The highest BCUT2D eigenvalue weighted by Gasteiger charge is 2.09. The average molecular weight is 344 g/mol. The van der Waals surface area contributed by atoms with Crippen LogP contribution in [0.1, 0.15) is 4.88 Å². The first-order chi connectivity index (χ1) is 8.78. The first-order valence-electron chi connectivity index (χ1n) is 5.50. The molecule has 2 aromatic rings. The Morgan fingerprint density at radius 1 is 1.39 bits per heavy atom. The SMILES string of the molecule is NNC(CSc1ccc(Br)cc1)Cc1cncs1. The van der Waals surface area contributed by atoms with E-state index in [9.17, 15) is 0 Å². The van der Waals surface area contributed by atoms with E-state index in [-0.39, 0.29) is 6.04 Å². The molecule has 0 spiro atoms. The zero-order chi connectivity index (χ0) is 12.8. The predicted molar refractivity (Wildman–Crippen MR) is 81.8 cm³/mol. The Hall–Kier alpha value is -0.400. The van der Waals surface area contributed by atoms with Crippen molar-refractivity contribution in [1.82, 2.24) is 10.4 Å². The van der Waals surface area contributed by atoms with Crippen molar-refractivity contribution in [2.75, 3.05) is 5.75 Å². The van der Waals surface area contributed by atoms with E-state index in [4.69, 9.17) is 5.84 Å². The van der Waals surface area contributed by atoms with Crippen LogP contribution in [-0.4, -0.2) is 16.8 Å². The molecule has 96 valence electrons. The van der Waals surface area contributed by atoms with E-state index in [1.807, 2.05) is 11.7 Å². The van der Waals surface area contributed by atoms with E-state index in [1.165, 1.54) is 9.77 Å². The number of nitrogens with two attached hydrogens (primary N) is 1. The van der Waals surface area contributed by atoms with Crippen molar-refractivity contribution in [2.24, 2.45) is 5.84 Å². The van der Waals surface area contributed by atoms with Crippen molar-refractivity contribution in [1.29, 1.82) is 0 Å². The fourth-order valence-corrected chi connectivity index (χ4v) is 3.36. The molecular formula is C12H14BrN3S2. The Bertz CT molecular complexity index is 459. The van der Waals surface area contributed by atoms with Crippen LogP contribution >= 0.6 is 39.0 Å². The molecule has 0 amide bonds. The lowest BCUT2D eigenvalue weighted by Gasteiger charge is -2.14. The summed E-state index contributed by atoms with van der Waals surface area (Å²) >= 11 is 6.90. The first-order valence-corrected chi connectivity index (χ1v) is 8.15. The largest absolute Gasteiger partial charge is 0.271 e. The number of hydrazine groups is 1. The molecule has 1 atom stereocenters. The summed E-state index contributed by atoms with van der Waals surface area (Å²) in [6.07, 6.45) is 2.82. The Morgan fingerprint density at radius 2 is 2.17 bits per heavy atom. The molecule has 0 saturated carbocycles. The zero-order valence-corrected chi connectivity index (χ0v) is 12.9. The summed E-state index contributed by atoms with van der Waals surface area (Å²) < 4.78 is 1.10. The second kappa shape index (κ2) is 7.25. The van der Waals surface area contributed by atoms with E-state index in [0.29, 0.717) is 0 Å². The number of thioether (sulfide) groups is 1. The topological polar surface area (TPSA) is 50.9 Å². The molecule has 0 radical (unpaired) electrons. The van der Waals surface area contributed by atoms with Crippen molar-refractivity contribution in [3.05, 3.63) is 45.3 Å². The van der Waals surface area contributed by atoms with Crippen LogP contribution in [0, 0.1) is 0 Å². The van der Waals surface area contributed by atoms with Crippen molar-refractivity contribution >= 4 is 39.0 Å². The summed E-state index contributed by atoms with van der Waals surface area (Å²) in [4.78, 5) is 6.59. The average Bonchev–Trinajstić information content (AvgIpc) is 2.89. The highest BCUT2D eigenvalue weighted by atomic mass is 79.9. The van der Waals surface area contributed by atoms with Gasteiger partial charge in [-0.1, -0.05) is 15.9 Å². The normalized spacial score (nSPS) is 12.6. The van der Waals surface area contributed by atoms with Gasteiger partial charge >= 0.3 is 0 Å². The third-order valence-electron chi connectivity index (χ3n) is 2.43. The van der Waals surface area contributed by atoms with Crippen molar-refractivity contribution in [3.8, 4) is 0 Å². The maximum absolute atomic E-state index is 5.59. The van der Waals surface area contributed by atoms with Crippen LogP contribution in [0.25, 0.3) is 0 Å². The van der Waals surface area contributed by atoms with Gasteiger partial charge in [-0.2, -0.15) is 0 Å². The standard InChI is InChI=1S/C12H14BrN3S2/c13-9-1-3-11(4-2-9)17-7-10(16-14)5-12-6-15-8-18-12/h1-4,6,8,10,16H,5,7,14H2. The molecule has 0 saturated heterocycles. The Labute approximate surface area is 123 Å². The lowest BCUT2D eigenvalue weighted by Crippen LogP contribution is -2.38. The summed E-state index contributed by atoms with van der Waals surface area (Å²) in [6.45, 7) is 0. The Balaban J connectivity index is 1.85. The first kappa shape index (κ1) is 14.0. The van der Waals surface area contributed by atoms with Gasteiger partial charge in [0.15, 0.2) is 0 Å². The number of aromatic nitrogens is 1. The number of rotatable bonds is 6. The monoisotopic (exact) mass is 343 g/mol. The van der Waals surface area contributed by atoms with Gasteiger partial charge in [0, 0.05) is 38.7 Å². The smallest absolute Gasteiger partial charge is 0.0794 e. The lowest BCUT2D eigenvalue weighted by atomic mass is 10.2. The number of hydrogen-bond acceptors (Lipinski definition) is 5. The van der Waals surface area contributed by atoms with Crippen LogP contribution in [0.4, 0.5) is 0 Å². The van der Waals surface area contributed by atoms with Gasteiger partial charge in [0.25, 0.3) is 0 Å². The molecular weight excluding hydrogens is 330 g/mol. The van der Waals surface area contributed by atoms with Gasteiger partial charge in [-0.15, -0.1) is 23.1 Å². The van der Waals surface area contributed by atoms with Gasteiger partial charge in [-0.3, -0.25) is 16.3 Å². The summed E-state index contributed by atoms with van der Waals surface area (Å²) in [5.74, 6) is 6.53. The van der Waals surface area contributed by atoms with Gasteiger partial charge in [0.1, 0.15) is 0 Å². The molecule has 0 bridgehead atoms. The predicted octanol–water partition coefficient (Wildman–Crippen LogP) is 3.07. The van der Waals surface area contributed by atoms with Gasteiger partial charge in [-0.25, -0.2) is 0 Å². The van der Waals surface area contributed by atoms with Crippen LogP contribution in [0.15, 0.2) is 45.3 Å². The van der Waals surface area contributed by atoms with E-state index in [0.717, 1.165) is 16.6 Å². The summed E-state index contributed by atoms with van der Waals surface area (Å²) in [5, 5.41) is 0. The summed E-state index contributed by atoms with van der Waals surface area (Å²) in [6, 6.07) is 8.58. The Morgan fingerprint density at radius 3 is 2.78 bits per heavy atom. The Kier molecular flexibility index (Phi) is 5.65. The summed E-state index contributed by atoms with van der Waals surface area (Å²) in [7, 11) is 0.